The molecule has 1 aromatic carbocycles. The summed E-state index contributed by atoms with van der Waals surface area (Å²) in [7, 11) is 0. The van der Waals surface area contributed by atoms with E-state index in [1.165, 1.54) is 16.4 Å². The van der Waals surface area contributed by atoms with Crippen LogP contribution in [-0.2, 0) is 22.6 Å². The number of aromatic amines is 1. The Morgan fingerprint density at radius 2 is 1.86 bits per heavy atom. The van der Waals surface area contributed by atoms with Crippen LogP contribution in [0.25, 0.3) is 10.9 Å². The van der Waals surface area contributed by atoms with Crippen molar-refractivity contribution in [1.82, 2.24) is 35.8 Å². The summed E-state index contributed by atoms with van der Waals surface area (Å²) in [5.74, 6) is 0.0442. The lowest BCUT2D eigenvalue weighted by atomic mass is 10.1. The van der Waals surface area contributed by atoms with Crippen LogP contribution in [0.3, 0.4) is 0 Å². The molecule has 0 aliphatic heterocycles. The number of hydrogen-bond acceptors (Lipinski definition) is 5. The molecule has 4 rings (SSSR count). The Labute approximate surface area is 168 Å². The highest BCUT2D eigenvalue weighted by Gasteiger charge is 2.26. The Hall–Kier alpha value is -3.23. The SMILES string of the molecule is O=C(CCc1c[nH]c2ccccc12)N[C@@H]1CC[C@H](NC(=O)CCn2cnnn2)C1. The zero-order valence-electron chi connectivity index (χ0n) is 16.2. The molecular weight excluding hydrogens is 370 g/mol. The van der Waals surface area contributed by atoms with E-state index in [0.717, 1.165) is 30.3 Å². The topological polar surface area (TPSA) is 118 Å². The van der Waals surface area contributed by atoms with Crippen LogP contribution in [-0.4, -0.2) is 49.1 Å². The summed E-state index contributed by atoms with van der Waals surface area (Å²) >= 11 is 0. The number of tetrazole rings is 1. The van der Waals surface area contributed by atoms with Crippen molar-refractivity contribution in [2.75, 3.05) is 0 Å². The van der Waals surface area contributed by atoms with Gasteiger partial charge in [0.25, 0.3) is 0 Å². The largest absolute Gasteiger partial charge is 0.361 e. The summed E-state index contributed by atoms with van der Waals surface area (Å²) in [6.07, 6.45) is 7.51. The third-order valence-electron chi connectivity index (χ3n) is 5.42. The number of aryl methyl sites for hydroxylation is 2. The van der Waals surface area contributed by atoms with Crippen molar-refractivity contribution in [2.45, 2.75) is 57.2 Å². The molecule has 1 fully saturated rings. The summed E-state index contributed by atoms with van der Waals surface area (Å²) in [5, 5.41) is 18.2. The fourth-order valence-electron chi connectivity index (χ4n) is 3.93. The van der Waals surface area contributed by atoms with Crippen molar-refractivity contribution < 1.29 is 9.59 Å². The molecule has 0 bridgehead atoms. The first-order valence-corrected chi connectivity index (χ1v) is 10.0. The van der Waals surface area contributed by atoms with Crippen molar-refractivity contribution in [3.8, 4) is 0 Å². The second-order valence-electron chi connectivity index (χ2n) is 7.52. The molecule has 29 heavy (non-hydrogen) atoms. The summed E-state index contributed by atoms with van der Waals surface area (Å²) < 4.78 is 1.53. The minimum Gasteiger partial charge on any atom is -0.361 e. The van der Waals surface area contributed by atoms with Crippen molar-refractivity contribution >= 4 is 22.7 Å². The summed E-state index contributed by atoms with van der Waals surface area (Å²) in [6.45, 7) is 0.458. The molecule has 2 atom stereocenters. The first kappa shape index (κ1) is 19.1. The fourth-order valence-corrected chi connectivity index (χ4v) is 3.93. The smallest absolute Gasteiger partial charge is 0.222 e. The highest BCUT2D eigenvalue weighted by Crippen LogP contribution is 2.21. The van der Waals surface area contributed by atoms with Crippen molar-refractivity contribution in [3.05, 3.63) is 42.4 Å². The van der Waals surface area contributed by atoms with Gasteiger partial charge in [0.05, 0.1) is 6.54 Å². The molecule has 0 saturated heterocycles. The highest BCUT2D eigenvalue weighted by atomic mass is 16.2. The van der Waals surface area contributed by atoms with Gasteiger partial charge in [0.15, 0.2) is 0 Å². The number of rotatable bonds is 8. The molecule has 0 spiro atoms. The molecule has 3 N–H and O–H groups in total. The lowest BCUT2D eigenvalue weighted by Crippen LogP contribution is -2.37. The number of hydrogen-bond donors (Lipinski definition) is 3. The molecule has 152 valence electrons. The van der Waals surface area contributed by atoms with Crippen molar-refractivity contribution in [3.63, 3.8) is 0 Å². The van der Waals surface area contributed by atoms with Gasteiger partial charge in [-0.1, -0.05) is 18.2 Å². The average molecular weight is 395 g/mol. The Morgan fingerprint density at radius 1 is 1.10 bits per heavy atom. The number of carbonyl (C=O) groups excluding carboxylic acids is 2. The summed E-state index contributed by atoms with van der Waals surface area (Å²) in [4.78, 5) is 27.7. The van der Waals surface area contributed by atoms with E-state index in [4.69, 9.17) is 0 Å². The normalized spacial score (nSPS) is 18.8. The van der Waals surface area contributed by atoms with Gasteiger partial charge in [-0.15, -0.1) is 5.10 Å². The quantitative estimate of drug-likeness (QED) is 0.532. The van der Waals surface area contributed by atoms with Crippen molar-refractivity contribution in [2.24, 2.45) is 0 Å². The lowest BCUT2D eigenvalue weighted by Gasteiger charge is -2.15. The second-order valence-corrected chi connectivity index (χ2v) is 7.52. The van der Waals surface area contributed by atoms with E-state index in [2.05, 4.69) is 37.2 Å². The molecule has 1 saturated carbocycles. The van der Waals surface area contributed by atoms with E-state index in [9.17, 15) is 9.59 Å². The third-order valence-corrected chi connectivity index (χ3v) is 5.42. The monoisotopic (exact) mass is 395 g/mol. The Kier molecular flexibility index (Phi) is 5.83. The fraction of sp³-hybridized carbons (Fsp3) is 0.450. The number of carbonyl (C=O) groups is 2. The minimum atomic E-state index is -0.0168. The van der Waals surface area contributed by atoms with Gasteiger partial charge in [-0.2, -0.15) is 0 Å². The Balaban J connectivity index is 1.17. The van der Waals surface area contributed by atoms with Crippen LogP contribution < -0.4 is 10.6 Å². The number of para-hydroxylation sites is 1. The zero-order valence-corrected chi connectivity index (χ0v) is 16.2. The van der Waals surface area contributed by atoms with Gasteiger partial charge in [0.2, 0.25) is 11.8 Å². The summed E-state index contributed by atoms with van der Waals surface area (Å²) in [6, 6.07) is 8.34. The maximum Gasteiger partial charge on any atom is 0.222 e. The van der Waals surface area contributed by atoms with Gasteiger partial charge in [0.1, 0.15) is 6.33 Å². The van der Waals surface area contributed by atoms with Crippen LogP contribution >= 0.6 is 0 Å². The van der Waals surface area contributed by atoms with E-state index in [0.29, 0.717) is 25.8 Å². The standard InChI is InChI=1S/C20H25N7O2/c28-19(8-5-14-12-21-18-4-2-1-3-17(14)18)23-15-6-7-16(11-15)24-20(29)9-10-27-13-22-25-26-27/h1-4,12-13,15-16,21H,5-11H2,(H,23,28)(H,24,29)/t15-,16+/m1/s1. The number of amides is 2. The number of nitrogens with one attached hydrogen (secondary N) is 3. The van der Waals surface area contributed by atoms with Crippen LogP contribution in [0.2, 0.25) is 0 Å². The van der Waals surface area contributed by atoms with Crippen LogP contribution in [0.5, 0.6) is 0 Å². The summed E-state index contributed by atoms with van der Waals surface area (Å²) in [5.41, 5.74) is 2.26. The van der Waals surface area contributed by atoms with Crippen LogP contribution in [0.1, 0.15) is 37.7 Å². The van der Waals surface area contributed by atoms with Crippen LogP contribution in [0, 0.1) is 0 Å². The first-order valence-electron chi connectivity index (χ1n) is 10.0. The molecule has 0 radical (unpaired) electrons. The van der Waals surface area contributed by atoms with E-state index in [1.807, 2.05) is 24.4 Å². The molecule has 2 heterocycles. The van der Waals surface area contributed by atoms with E-state index < -0.39 is 0 Å². The van der Waals surface area contributed by atoms with E-state index >= 15 is 0 Å². The van der Waals surface area contributed by atoms with E-state index in [1.54, 1.807) is 0 Å². The van der Waals surface area contributed by atoms with Crippen LogP contribution in [0.4, 0.5) is 0 Å². The molecule has 3 aromatic rings. The maximum absolute atomic E-state index is 12.4. The number of aromatic nitrogens is 5. The van der Waals surface area contributed by atoms with Gasteiger partial charge in [0, 0.05) is 42.0 Å². The zero-order chi connectivity index (χ0) is 20.1. The first-order chi connectivity index (χ1) is 14.2. The second kappa shape index (κ2) is 8.85. The number of fused-ring (bicyclic) bond motifs is 1. The van der Waals surface area contributed by atoms with Gasteiger partial charge in [-0.05, 0) is 47.7 Å². The van der Waals surface area contributed by atoms with Gasteiger partial charge >= 0.3 is 0 Å². The average Bonchev–Trinajstić information content (AvgIpc) is 3.46. The van der Waals surface area contributed by atoms with E-state index in [-0.39, 0.29) is 23.9 Å². The van der Waals surface area contributed by atoms with Gasteiger partial charge in [-0.25, -0.2) is 4.68 Å². The predicted octanol–water partition coefficient (Wildman–Crippen LogP) is 1.33. The highest BCUT2D eigenvalue weighted by molar-refractivity contribution is 5.84. The third kappa shape index (κ3) is 4.98. The molecule has 0 unspecified atom stereocenters. The maximum atomic E-state index is 12.4. The van der Waals surface area contributed by atoms with Crippen molar-refractivity contribution in [1.29, 1.82) is 0 Å². The van der Waals surface area contributed by atoms with Gasteiger partial charge < -0.3 is 15.6 Å². The molecule has 2 amide bonds. The molecule has 1 aliphatic rings. The Bertz CT molecular complexity index is 966. The number of nitrogens with zero attached hydrogens (tertiary/aromatic N) is 4. The minimum absolute atomic E-state index is 0.0168. The molecule has 9 nitrogen and oxygen atoms in total. The van der Waals surface area contributed by atoms with Gasteiger partial charge in [-0.3, -0.25) is 9.59 Å². The predicted molar refractivity (Wildman–Crippen MR) is 107 cm³/mol. The van der Waals surface area contributed by atoms with Crippen LogP contribution in [0.15, 0.2) is 36.8 Å². The Morgan fingerprint density at radius 3 is 2.62 bits per heavy atom. The molecular formula is C20H25N7O2. The molecule has 9 heteroatoms. The lowest BCUT2D eigenvalue weighted by molar-refractivity contribution is -0.122. The molecule has 2 aromatic heterocycles. The molecule has 1 aliphatic carbocycles. The number of H-pyrrole nitrogens is 1. The number of benzene rings is 1.